The molecule has 0 radical (unpaired) electrons. The Balaban J connectivity index is 2.26. The minimum atomic E-state index is 0.102. The van der Waals surface area contributed by atoms with Gasteiger partial charge in [0.15, 0.2) is 0 Å². The quantitative estimate of drug-likeness (QED) is 0.810. The number of hydrogen-bond donors (Lipinski definition) is 1. The van der Waals surface area contributed by atoms with Crippen molar-refractivity contribution in [2.45, 2.75) is 13.0 Å². The third-order valence-corrected chi connectivity index (χ3v) is 3.12. The summed E-state index contributed by atoms with van der Waals surface area (Å²) in [6, 6.07) is 7.81. The number of carbonyl (C=O) groups excluding carboxylic acids is 1. The van der Waals surface area contributed by atoms with Crippen LogP contribution in [0.1, 0.15) is 18.5 Å². The van der Waals surface area contributed by atoms with E-state index in [-0.39, 0.29) is 11.9 Å². The first-order chi connectivity index (χ1) is 7.68. The van der Waals surface area contributed by atoms with Gasteiger partial charge in [-0.2, -0.15) is 0 Å². The van der Waals surface area contributed by atoms with Gasteiger partial charge in [-0.3, -0.25) is 4.79 Å². The average Bonchev–Trinajstić information content (AvgIpc) is 2.29. The number of piperazine rings is 1. The van der Waals surface area contributed by atoms with Crippen LogP contribution in [-0.4, -0.2) is 30.4 Å². The highest BCUT2D eigenvalue weighted by molar-refractivity contribution is 6.30. The van der Waals surface area contributed by atoms with Gasteiger partial charge in [-0.05, 0) is 17.7 Å². The Kier molecular flexibility index (Phi) is 3.46. The fraction of sp³-hybridized carbons (Fsp3) is 0.417. The first-order valence-corrected chi connectivity index (χ1v) is 5.79. The second-order valence-electron chi connectivity index (χ2n) is 3.99. The molecule has 0 aromatic heterocycles. The smallest absolute Gasteiger partial charge is 0.220 e. The number of rotatable bonds is 1. The Morgan fingerprint density at radius 2 is 2.38 bits per heavy atom. The van der Waals surface area contributed by atoms with E-state index in [4.69, 9.17) is 11.6 Å². The van der Waals surface area contributed by atoms with Crippen LogP contribution in [0, 0.1) is 0 Å². The normalized spacial score (nSPS) is 20.9. The largest absolute Gasteiger partial charge is 0.333 e. The minimum absolute atomic E-state index is 0.102. The van der Waals surface area contributed by atoms with E-state index in [1.54, 1.807) is 6.92 Å². The van der Waals surface area contributed by atoms with E-state index < -0.39 is 0 Å². The van der Waals surface area contributed by atoms with Crippen molar-refractivity contribution in [2.24, 2.45) is 0 Å². The molecule has 4 heteroatoms. The van der Waals surface area contributed by atoms with Crippen LogP contribution < -0.4 is 5.32 Å². The maximum absolute atomic E-state index is 11.5. The lowest BCUT2D eigenvalue weighted by Crippen LogP contribution is -2.47. The van der Waals surface area contributed by atoms with Gasteiger partial charge in [0.05, 0.1) is 6.04 Å². The molecule has 0 saturated carbocycles. The van der Waals surface area contributed by atoms with Gasteiger partial charge in [0.2, 0.25) is 5.91 Å². The molecule has 1 aromatic carbocycles. The molecule has 0 aliphatic carbocycles. The highest BCUT2D eigenvalue weighted by atomic mass is 35.5. The topological polar surface area (TPSA) is 32.3 Å². The molecular formula is C12H15ClN2O. The number of nitrogens with one attached hydrogen (secondary N) is 1. The summed E-state index contributed by atoms with van der Waals surface area (Å²) in [6.07, 6.45) is 0. The van der Waals surface area contributed by atoms with E-state index in [2.05, 4.69) is 5.32 Å². The molecule has 1 N–H and O–H groups in total. The van der Waals surface area contributed by atoms with Gasteiger partial charge in [-0.1, -0.05) is 23.7 Å². The third-order valence-electron chi connectivity index (χ3n) is 2.88. The molecule has 16 heavy (non-hydrogen) atoms. The van der Waals surface area contributed by atoms with Crippen LogP contribution >= 0.6 is 11.6 Å². The van der Waals surface area contributed by atoms with E-state index in [1.165, 1.54) is 0 Å². The molecule has 86 valence electrons. The zero-order chi connectivity index (χ0) is 11.5. The summed E-state index contributed by atoms with van der Waals surface area (Å²) in [4.78, 5) is 13.4. The second kappa shape index (κ2) is 4.85. The molecule has 1 aromatic rings. The van der Waals surface area contributed by atoms with Crippen molar-refractivity contribution in [1.29, 1.82) is 0 Å². The summed E-state index contributed by atoms with van der Waals surface area (Å²) >= 11 is 5.97. The van der Waals surface area contributed by atoms with Crippen molar-refractivity contribution >= 4 is 17.5 Å². The zero-order valence-corrected chi connectivity index (χ0v) is 10.00. The molecule has 0 bridgehead atoms. The summed E-state index contributed by atoms with van der Waals surface area (Å²) in [5.41, 5.74) is 1.09. The van der Waals surface area contributed by atoms with Crippen molar-refractivity contribution in [3.8, 4) is 0 Å². The van der Waals surface area contributed by atoms with E-state index in [0.29, 0.717) is 5.02 Å². The molecule has 1 fully saturated rings. The van der Waals surface area contributed by atoms with Crippen LogP contribution in [0.2, 0.25) is 5.02 Å². The Morgan fingerprint density at radius 1 is 1.56 bits per heavy atom. The predicted molar refractivity (Wildman–Crippen MR) is 64.4 cm³/mol. The first kappa shape index (κ1) is 11.4. The standard InChI is InChI=1S/C12H15ClN2O/c1-9(16)15-6-5-14-8-12(15)10-3-2-4-11(13)7-10/h2-4,7,12,14H,5-6,8H2,1H3. The zero-order valence-electron chi connectivity index (χ0n) is 9.24. The number of nitrogens with zero attached hydrogens (tertiary/aromatic N) is 1. The molecule has 1 aliphatic rings. The lowest BCUT2D eigenvalue weighted by atomic mass is 10.0. The number of amides is 1. The Morgan fingerprint density at radius 3 is 3.06 bits per heavy atom. The molecule has 1 atom stereocenters. The first-order valence-electron chi connectivity index (χ1n) is 5.42. The predicted octanol–water partition coefficient (Wildman–Crippen LogP) is 1.83. The lowest BCUT2D eigenvalue weighted by Gasteiger charge is -2.36. The summed E-state index contributed by atoms with van der Waals surface area (Å²) in [7, 11) is 0. The Bertz CT molecular complexity index is 394. The van der Waals surface area contributed by atoms with Crippen LogP contribution in [-0.2, 0) is 4.79 Å². The second-order valence-corrected chi connectivity index (χ2v) is 4.42. The molecule has 3 nitrogen and oxygen atoms in total. The molecule has 1 saturated heterocycles. The number of halogens is 1. The molecule has 1 heterocycles. The van der Waals surface area contributed by atoms with Crippen molar-refractivity contribution in [2.75, 3.05) is 19.6 Å². The van der Waals surface area contributed by atoms with Crippen molar-refractivity contribution in [1.82, 2.24) is 10.2 Å². The van der Waals surface area contributed by atoms with Crippen molar-refractivity contribution in [3.63, 3.8) is 0 Å². The van der Waals surface area contributed by atoms with Gasteiger partial charge in [0, 0.05) is 31.6 Å². The van der Waals surface area contributed by atoms with Crippen LogP contribution in [0.5, 0.6) is 0 Å². The van der Waals surface area contributed by atoms with Gasteiger partial charge >= 0.3 is 0 Å². The highest BCUT2D eigenvalue weighted by Crippen LogP contribution is 2.24. The van der Waals surface area contributed by atoms with Gasteiger partial charge in [0.25, 0.3) is 0 Å². The Labute approximate surface area is 100 Å². The highest BCUT2D eigenvalue weighted by Gasteiger charge is 2.25. The molecule has 0 spiro atoms. The van der Waals surface area contributed by atoms with Crippen LogP contribution in [0.4, 0.5) is 0 Å². The fourth-order valence-corrected chi connectivity index (χ4v) is 2.29. The number of benzene rings is 1. The average molecular weight is 239 g/mol. The van der Waals surface area contributed by atoms with Crippen molar-refractivity contribution in [3.05, 3.63) is 34.9 Å². The number of carbonyl (C=O) groups is 1. The summed E-state index contributed by atoms with van der Waals surface area (Å²) in [5, 5.41) is 4.02. The van der Waals surface area contributed by atoms with Crippen LogP contribution in [0.25, 0.3) is 0 Å². The fourth-order valence-electron chi connectivity index (χ4n) is 2.09. The van der Waals surface area contributed by atoms with E-state index in [1.807, 2.05) is 29.2 Å². The summed E-state index contributed by atoms with van der Waals surface area (Å²) in [5.74, 6) is 0.117. The SMILES string of the molecule is CC(=O)N1CCNCC1c1cccc(Cl)c1. The molecule has 2 rings (SSSR count). The summed E-state index contributed by atoms with van der Waals surface area (Å²) in [6.45, 7) is 4.02. The minimum Gasteiger partial charge on any atom is -0.333 e. The van der Waals surface area contributed by atoms with E-state index in [0.717, 1.165) is 25.2 Å². The number of hydrogen-bond acceptors (Lipinski definition) is 2. The van der Waals surface area contributed by atoms with Crippen molar-refractivity contribution < 1.29 is 4.79 Å². The van der Waals surface area contributed by atoms with Crippen LogP contribution in [0.3, 0.4) is 0 Å². The monoisotopic (exact) mass is 238 g/mol. The molecule has 1 amide bonds. The maximum Gasteiger partial charge on any atom is 0.220 e. The summed E-state index contributed by atoms with van der Waals surface area (Å²) < 4.78 is 0. The van der Waals surface area contributed by atoms with Crippen LogP contribution in [0.15, 0.2) is 24.3 Å². The molecule has 1 aliphatic heterocycles. The molecular weight excluding hydrogens is 224 g/mol. The van der Waals surface area contributed by atoms with Gasteiger partial charge in [-0.15, -0.1) is 0 Å². The van der Waals surface area contributed by atoms with E-state index >= 15 is 0 Å². The van der Waals surface area contributed by atoms with Gasteiger partial charge < -0.3 is 10.2 Å². The van der Waals surface area contributed by atoms with E-state index in [9.17, 15) is 4.79 Å². The molecule has 1 unspecified atom stereocenters. The van der Waals surface area contributed by atoms with Gasteiger partial charge in [-0.25, -0.2) is 0 Å². The van der Waals surface area contributed by atoms with Gasteiger partial charge in [0.1, 0.15) is 0 Å². The third kappa shape index (κ3) is 2.36. The maximum atomic E-state index is 11.5. The lowest BCUT2D eigenvalue weighted by molar-refractivity contribution is -0.132. The Hall–Kier alpha value is -1.06.